The molecule has 164 valence electrons. The Morgan fingerprint density at radius 1 is 1.06 bits per heavy atom. The lowest BCUT2D eigenvalue weighted by Crippen LogP contribution is -2.48. The van der Waals surface area contributed by atoms with Gasteiger partial charge in [-0.05, 0) is 62.7 Å². The van der Waals surface area contributed by atoms with Crippen LogP contribution in [0.5, 0.6) is 0 Å². The highest BCUT2D eigenvalue weighted by Gasteiger charge is 2.25. The Labute approximate surface area is 191 Å². The fourth-order valence-electron chi connectivity index (χ4n) is 3.57. The number of amides is 1. The third-order valence-electron chi connectivity index (χ3n) is 5.62. The number of fused-ring (bicyclic) bond motifs is 1. The van der Waals surface area contributed by atoms with Gasteiger partial charge >= 0.3 is 0 Å². The second-order valence-electron chi connectivity index (χ2n) is 7.91. The fourth-order valence-corrected chi connectivity index (χ4v) is 5.86. The lowest BCUT2D eigenvalue weighted by atomic mass is 10.2. The van der Waals surface area contributed by atoms with Crippen molar-refractivity contribution in [3.63, 3.8) is 0 Å². The van der Waals surface area contributed by atoms with Crippen LogP contribution in [0.15, 0.2) is 41.3 Å². The average Bonchev–Trinajstić information content (AvgIpc) is 3.21. The number of halogens is 1. The number of hydrogen-bond acceptors (Lipinski definition) is 6. The van der Waals surface area contributed by atoms with Gasteiger partial charge in [0.05, 0.1) is 20.4 Å². The van der Waals surface area contributed by atoms with Crippen LogP contribution in [0, 0.1) is 6.92 Å². The molecule has 1 saturated heterocycles. The van der Waals surface area contributed by atoms with Gasteiger partial charge in [-0.1, -0.05) is 22.9 Å². The van der Waals surface area contributed by atoms with Gasteiger partial charge in [-0.2, -0.15) is 0 Å². The summed E-state index contributed by atoms with van der Waals surface area (Å²) in [5.74, 6) is -0.0833. The zero-order valence-electron chi connectivity index (χ0n) is 17.6. The number of nitrogens with zero attached hydrogens (tertiary/aromatic N) is 3. The van der Waals surface area contributed by atoms with Gasteiger partial charge in [0.2, 0.25) is 0 Å². The molecule has 4 rings (SSSR count). The average molecular weight is 478 g/mol. The second-order valence-corrected chi connectivity index (χ2v) is 11.8. The van der Waals surface area contributed by atoms with Gasteiger partial charge in [-0.3, -0.25) is 4.79 Å². The molecule has 2 heterocycles. The van der Waals surface area contributed by atoms with Gasteiger partial charge in [0.25, 0.3) is 5.91 Å². The minimum Gasteiger partial charge on any atom is -0.345 e. The standard InChI is InChI=1S/C22H24ClN3O3S2/c1-14(2)31(28,29)17-6-4-16(5-7-17)21(27)25-10-12-26(13-11-25)22-24-20-15(3)18(23)8-9-19(20)30-22/h4-9,14H,10-13H2,1-3H3. The van der Waals surface area contributed by atoms with Crippen molar-refractivity contribution in [3.8, 4) is 0 Å². The number of thiazole rings is 1. The maximum Gasteiger partial charge on any atom is 0.253 e. The van der Waals surface area contributed by atoms with E-state index in [2.05, 4.69) is 4.90 Å². The molecule has 1 amide bonds. The molecule has 1 aliphatic heterocycles. The molecule has 0 atom stereocenters. The van der Waals surface area contributed by atoms with E-state index in [0.29, 0.717) is 36.8 Å². The predicted octanol–water partition coefficient (Wildman–Crippen LogP) is 4.40. The summed E-state index contributed by atoms with van der Waals surface area (Å²) in [4.78, 5) is 21.9. The fraction of sp³-hybridized carbons (Fsp3) is 0.364. The highest BCUT2D eigenvalue weighted by Crippen LogP contribution is 2.34. The van der Waals surface area contributed by atoms with E-state index in [9.17, 15) is 13.2 Å². The van der Waals surface area contributed by atoms with Crippen molar-refractivity contribution in [1.29, 1.82) is 0 Å². The van der Waals surface area contributed by atoms with Gasteiger partial charge in [-0.25, -0.2) is 13.4 Å². The summed E-state index contributed by atoms with van der Waals surface area (Å²) in [6.07, 6.45) is 0. The van der Waals surface area contributed by atoms with E-state index in [1.807, 2.05) is 19.1 Å². The number of sulfone groups is 1. The molecule has 3 aromatic rings. The maximum atomic E-state index is 12.9. The Morgan fingerprint density at radius 2 is 1.71 bits per heavy atom. The second kappa shape index (κ2) is 8.41. The molecule has 6 nitrogen and oxygen atoms in total. The van der Waals surface area contributed by atoms with Gasteiger partial charge in [0.15, 0.2) is 15.0 Å². The number of rotatable bonds is 4. The summed E-state index contributed by atoms with van der Waals surface area (Å²) >= 11 is 7.85. The van der Waals surface area contributed by atoms with E-state index in [-0.39, 0.29) is 10.8 Å². The van der Waals surface area contributed by atoms with Crippen molar-refractivity contribution in [2.45, 2.75) is 30.9 Å². The minimum atomic E-state index is -3.34. The van der Waals surface area contributed by atoms with Crippen LogP contribution in [0.1, 0.15) is 29.8 Å². The first-order chi connectivity index (χ1) is 14.7. The third-order valence-corrected chi connectivity index (χ3v) is 9.29. The van der Waals surface area contributed by atoms with E-state index in [0.717, 1.165) is 20.9 Å². The van der Waals surface area contributed by atoms with Crippen LogP contribution in [-0.4, -0.2) is 55.6 Å². The quantitative estimate of drug-likeness (QED) is 0.557. The lowest BCUT2D eigenvalue weighted by molar-refractivity contribution is 0.0746. The molecule has 9 heteroatoms. The van der Waals surface area contributed by atoms with Crippen LogP contribution in [0.25, 0.3) is 10.2 Å². The maximum absolute atomic E-state index is 12.9. The van der Waals surface area contributed by atoms with Gasteiger partial charge in [-0.15, -0.1) is 0 Å². The van der Waals surface area contributed by atoms with Crippen LogP contribution in [0.4, 0.5) is 5.13 Å². The molecule has 0 spiro atoms. The number of piperazine rings is 1. The van der Waals surface area contributed by atoms with Crippen molar-refractivity contribution < 1.29 is 13.2 Å². The van der Waals surface area contributed by atoms with Crippen LogP contribution in [0.3, 0.4) is 0 Å². The number of aryl methyl sites for hydroxylation is 1. The van der Waals surface area contributed by atoms with E-state index >= 15 is 0 Å². The largest absolute Gasteiger partial charge is 0.345 e. The highest BCUT2D eigenvalue weighted by atomic mass is 35.5. The Balaban J connectivity index is 1.44. The Bertz CT molecular complexity index is 1230. The normalized spacial score (nSPS) is 15.1. The summed E-state index contributed by atoms with van der Waals surface area (Å²) in [5.41, 5.74) is 2.42. The van der Waals surface area contributed by atoms with E-state index in [1.54, 1.807) is 42.2 Å². The van der Waals surface area contributed by atoms with Gasteiger partial charge in [0.1, 0.15) is 0 Å². The topological polar surface area (TPSA) is 70.6 Å². The van der Waals surface area contributed by atoms with E-state index < -0.39 is 15.1 Å². The van der Waals surface area contributed by atoms with E-state index in [1.165, 1.54) is 12.1 Å². The lowest BCUT2D eigenvalue weighted by Gasteiger charge is -2.34. The molecule has 0 radical (unpaired) electrons. The van der Waals surface area contributed by atoms with Crippen LogP contribution < -0.4 is 4.90 Å². The number of hydrogen-bond donors (Lipinski definition) is 0. The van der Waals surface area contributed by atoms with Crippen molar-refractivity contribution >= 4 is 54.0 Å². The highest BCUT2D eigenvalue weighted by molar-refractivity contribution is 7.92. The smallest absolute Gasteiger partial charge is 0.253 e. The van der Waals surface area contributed by atoms with Crippen molar-refractivity contribution in [2.75, 3.05) is 31.1 Å². The molecule has 0 aliphatic carbocycles. The van der Waals surface area contributed by atoms with Crippen molar-refractivity contribution in [2.24, 2.45) is 0 Å². The first-order valence-corrected chi connectivity index (χ1v) is 12.9. The zero-order valence-corrected chi connectivity index (χ0v) is 20.0. The molecular formula is C22H24ClN3O3S2. The van der Waals surface area contributed by atoms with Gasteiger partial charge in [0, 0.05) is 36.8 Å². The molecule has 31 heavy (non-hydrogen) atoms. The van der Waals surface area contributed by atoms with E-state index in [4.69, 9.17) is 16.6 Å². The summed E-state index contributed by atoms with van der Waals surface area (Å²) < 4.78 is 25.7. The van der Waals surface area contributed by atoms with Crippen molar-refractivity contribution in [1.82, 2.24) is 9.88 Å². The number of anilines is 1. The molecule has 0 unspecified atom stereocenters. The number of aromatic nitrogens is 1. The summed E-state index contributed by atoms with van der Waals surface area (Å²) in [5, 5.41) is 1.16. The summed E-state index contributed by atoms with van der Waals surface area (Å²) in [6.45, 7) is 7.82. The van der Waals surface area contributed by atoms with Crippen molar-refractivity contribution in [3.05, 3.63) is 52.5 Å². The third kappa shape index (κ3) is 4.16. The summed E-state index contributed by atoms with van der Waals surface area (Å²) in [7, 11) is -3.34. The number of benzene rings is 2. The molecule has 0 bridgehead atoms. The molecule has 1 aromatic heterocycles. The minimum absolute atomic E-state index is 0.0833. The first-order valence-electron chi connectivity index (χ1n) is 10.1. The Hall–Kier alpha value is -2.16. The predicted molar refractivity (Wildman–Crippen MR) is 126 cm³/mol. The number of carbonyl (C=O) groups is 1. The first kappa shape index (κ1) is 22.0. The van der Waals surface area contributed by atoms with Gasteiger partial charge < -0.3 is 9.80 Å². The SMILES string of the molecule is Cc1c(Cl)ccc2sc(N3CCN(C(=O)c4ccc(S(=O)(=O)C(C)C)cc4)CC3)nc12. The van der Waals surface area contributed by atoms with Crippen LogP contribution >= 0.6 is 22.9 Å². The molecule has 0 saturated carbocycles. The molecular weight excluding hydrogens is 454 g/mol. The number of carbonyl (C=O) groups excluding carboxylic acids is 1. The zero-order chi connectivity index (χ0) is 22.3. The molecule has 1 fully saturated rings. The van der Waals surface area contributed by atoms with Crippen LogP contribution in [-0.2, 0) is 9.84 Å². The molecule has 0 N–H and O–H groups in total. The summed E-state index contributed by atoms with van der Waals surface area (Å²) in [6, 6.07) is 10.1. The Kier molecular flexibility index (Phi) is 5.98. The molecule has 1 aliphatic rings. The monoisotopic (exact) mass is 477 g/mol. The Morgan fingerprint density at radius 3 is 2.32 bits per heavy atom. The molecule has 2 aromatic carbocycles. The van der Waals surface area contributed by atoms with Crippen LogP contribution in [0.2, 0.25) is 5.02 Å².